The molecule has 1 aliphatic heterocycles. The number of rotatable bonds is 2. The van der Waals surface area contributed by atoms with Gasteiger partial charge >= 0.3 is 0 Å². The molecule has 0 radical (unpaired) electrons. The molecule has 0 aliphatic carbocycles. The molecule has 1 aliphatic rings. The van der Waals surface area contributed by atoms with E-state index in [9.17, 15) is 9.59 Å². The molecule has 118 valence electrons. The first-order valence-electron chi connectivity index (χ1n) is 6.88. The highest BCUT2D eigenvalue weighted by molar-refractivity contribution is 6.33. The molecule has 0 saturated carbocycles. The van der Waals surface area contributed by atoms with Gasteiger partial charge in [0.2, 0.25) is 6.10 Å². The number of hydrogen-bond acceptors (Lipinski definition) is 4. The lowest BCUT2D eigenvalue weighted by atomic mass is 10.2. The van der Waals surface area contributed by atoms with Crippen LogP contribution in [0.5, 0.6) is 11.5 Å². The molecule has 2 aromatic rings. The van der Waals surface area contributed by atoms with Crippen LogP contribution in [0.2, 0.25) is 5.02 Å². The summed E-state index contributed by atoms with van der Waals surface area (Å²) < 4.78 is 11.0. The number of carbonyl (C=O) groups excluding carboxylic acids is 2. The zero-order chi connectivity index (χ0) is 16.2. The summed E-state index contributed by atoms with van der Waals surface area (Å²) in [6.45, 7) is 0.0603. The number of ether oxygens (including phenoxy) is 2. The molecule has 6 nitrogen and oxygen atoms in total. The van der Waals surface area contributed by atoms with Gasteiger partial charge in [0.15, 0.2) is 11.5 Å². The van der Waals surface area contributed by atoms with Gasteiger partial charge in [-0.3, -0.25) is 20.4 Å². The average molecular weight is 333 g/mol. The number of para-hydroxylation sites is 2. The van der Waals surface area contributed by atoms with E-state index in [-0.39, 0.29) is 12.2 Å². The van der Waals surface area contributed by atoms with Gasteiger partial charge in [-0.05, 0) is 24.3 Å². The second-order valence-corrected chi connectivity index (χ2v) is 5.19. The van der Waals surface area contributed by atoms with Gasteiger partial charge in [-0.15, -0.1) is 0 Å². The number of carbonyl (C=O) groups is 2. The molecule has 1 heterocycles. The summed E-state index contributed by atoms with van der Waals surface area (Å²) in [5, 5.41) is 0.297. The maximum absolute atomic E-state index is 12.1. The third-order valence-corrected chi connectivity index (χ3v) is 3.55. The number of halogens is 1. The molecule has 23 heavy (non-hydrogen) atoms. The summed E-state index contributed by atoms with van der Waals surface area (Å²) in [4.78, 5) is 24.0. The average Bonchev–Trinajstić information content (AvgIpc) is 2.59. The van der Waals surface area contributed by atoms with Crippen molar-refractivity contribution < 1.29 is 19.1 Å². The number of hydrogen-bond donors (Lipinski definition) is 2. The van der Waals surface area contributed by atoms with Crippen LogP contribution >= 0.6 is 11.6 Å². The van der Waals surface area contributed by atoms with Crippen molar-refractivity contribution in [3.8, 4) is 11.5 Å². The van der Waals surface area contributed by atoms with Gasteiger partial charge in [-0.25, -0.2) is 0 Å². The van der Waals surface area contributed by atoms with Gasteiger partial charge in [-0.1, -0.05) is 35.9 Å². The monoisotopic (exact) mass is 332 g/mol. The van der Waals surface area contributed by atoms with Crippen LogP contribution in [0, 0.1) is 0 Å². The lowest BCUT2D eigenvalue weighted by Gasteiger charge is -2.25. The molecule has 1 atom stereocenters. The molecule has 7 heteroatoms. The van der Waals surface area contributed by atoms with Crippen molar-refractivity contribution in [2.24, 2.45) is 0 Å². The molecule has 2 N–H and O–H groups in total. The second kappa shape index (κ2) is 6.58. The van der Waals surface area contributed by atoms with E-state index in [4.69, 9.17) is 21.1 Å². The van der Waals surface area contributed by atoms with Crippen LogP contribution in [-0.2, 0) is 4.79 Å². The molecule has 0 spiro atoms. The molecule has 2 amide bonds. The highest BCUT2D eigenvalue weighted by Crippen LogP contribution is 2.30. The van der Waals surface area contributed by atoms with E-state index in [1.165, 1.54) is 0 Å². The van der Waals surface area contributed by atoms with E-state index in [2.05, 4.69) is 10.9 Å². The predicted molar refractivity (Wildman–Crippen MR) is 83.4 cm³/mol. The Morgan fingerprint density at radius 1 is 1.00 bits per heavy atom. The quantitative estimate of drug-likeness (QED) is 0.824. The van der Waals surface area contributed by atoms with E-state index in [1.807, 2.05) is 6.07 Å². The summed E-state index contributed by atoms with van der Waals surface area (Å²) in [6.07, 6.45) is -0.851. The lowest BCUT2D eigenvalue weighted by molar-refractivity contribution is -0.131. The summed E-state index contributed by atoms with van der Waals surface area (Å²) in [5.41, 5.74) is 4.87. The van der Waals surface area contributed by atoms with Gasteiger partial charge in [0, 0.05) is 0 Å². The summed E-state index contributed by atoms with van der Waals surface area (Å²) in [7, 11) is 0. The van der Waals surface area contributed by atoms with Crippen LogP contribution in [-0.4, -0.2) is 24.5 Å². The van der Waals surface area contributed by atoms with E-state index in [0.29, 0.717) is 16.5 Å². The largest absolute Gasteiger partial charge is 0.485 e. The Morgan fingerprint density at radius 2 is 1.70 bits per heavy atom. The van der Waals surface area contributed by atoms with Crippen molar-refractivity contribution in [3.05, 3.63) is 59.1 Å². The van der Waals surface area contributed by atoms with Crippen LogP contribution in [0.4, 0.5) is 0 Å². The van der Waals surface area contributed by atoms with Crippen molar-refractivity contribution in [3.63, 3.8) is 0 Å². The van der Waals surface area contributed by atoms with Crippen LogP contribution in [0.25, 0.3) is 0 Å². The summed E-state index contributed by atoms with van der Waals surface area (Å²) in [5.74, 6) is 0.0361. The number of nitrogens with one attached hydrogen (secondary N) is 2. The lowest BCUT2D eigenvalue weighted by Crippen LogP contribution is -2.50. The molecule has 0 unspecified atom stereocenters. The fraction of sp³-hybridized carbons (Fsp3) is 0.125. The second-order valence-electron chi connectivity index (χ2n) is 4.79. The van der Waals surface area contributed by atoms with Crippen LogP contribution < -0.4 is 20.3 Å². The van der Waals surface area contributed by atoms with Gasteiger partial charge in [0.05, 0.1) is 10.6 Å². The standard InChI is InChI=1S/C16H13ClN2O4/c17-11-6-2-1-5-10(11)15(20)18-19-16(21)14-9-22-12-7-3-4-8-13(12)23-14/h1-8,14H,9H2,(H,18,20)(H,19,21)/t14-/m0/s1. The van der Waals surface area contributed by atoms with Crippen molar-refractivity contribution in [2.45, 2.75) is 6.10 Å². The van der Waals surface area contributed by atoms with Crippen LogP contribution in [0.3, 0.4) is 0 Å². The van der Waals surface area contributed by atoms with E-state index < -0.39 is 17.9 Å². The Kier molecular flexibility index (Phi) is 4.34. The zero-order valence-electron chi connectivity index (χ0n) is 11.9. The SMILES string of the molecule is O=C(NNC(=O)[C@@H]1COc2ccccc2O1)c1ccccc1Cl. The van der Waals surface area contributed by atoms with E-state index in [1.54, 1.807) is 42.5 Å². The number of hydrazine groups is 1. The number of amides is 2. The summed E-state index contributed by atoms with van der Waals surface area (Å²) in [6, 6.07) is 13.6. The molecular weight excluding hydrogens is 320 g/mol. The fourth-order valence-corrected chi connectivity index (χ4v) is 2.28. The normalized spacial score (nSPS) is 15.6. The van der Waals surface area contributed by atoms with E-state index in [0.717, 1.165) is 0 Å². The molecule has 2 aromatic carbocycles. The Bertz CT molecular complexity index is 750. The van der Waals surface area contributed by atoms with Crippen molar-refractivity contribution in [1.29, 1.82) is 0 Å². The highest BCUT2D eigenvalue weighted by atomic mass is 35.5. The highest BCUT2D eigenvalue weighted by Gasteiger charge is 2.27. The van der Waals surface area contributed by atoms with Crippen LogP contribution in [0.15, 0.2) is 48.5 Å². The number of fused-ring (bicyclic) bond motifs is 1. The first-order valence-corrected chi connectivity index (χ1v) is 7.26. The Balaban J connectivity index is 1.58. The zero-order valence-corrected chi connectivity index (χ0v) is 12.7. The first kappa shape index (κ1) is 15.2. The minimum absolute atomic E-state index is 0.0603. The van der Waals surface area contributed by atoms with Gasteiger partial charge in [-0.2, -0.15) is 0 Å². The first-order chi connectivity index (χ1) is 11.1. The fourth-order valence-electron chi connectivity index (χ4n) is 2.06. The number of benzene rings is 2. The molecule has 0 bridgehead atoms. The Morgan fingerprint density at radius 3 is 2.48 bits per heavy atom. The molecule has 0 fully saturated rings. The Labute approximate surface area is 137 Å². The third-order valence-electron chi connectivity index (χ3n) is 3.22. The summed E-state index contributed by atoms with van der Waals surface area (Å²) >= 11 is 5.92. The minimum Gasteiger partial charge on any atom is -0.485 e. The maximum atomic E-state index is 12.1. The topological polar surface area (TPSA) is 76.7 Å². The molecular formula is C16H13ClN2O4. The maximum Gasteiger partial charge on any atom is 0.283 e. The molecule has 3 rings (SSSR count). The van der Waals surface area contributed by atoms with E-state index >= 15 is 0 Å². The smallest absolute Gasteiger partial charge is 0.283 e. The van der Waals surface area contributed by atoms with Crippen molar-refractivity contribution >= 4 is 23.4 Å². The van der Waals surface area contributed by atoms with Gasteiger partial charge < -0.3 is 9.47 Å². The third kappa shape index (κ3) is 3.37. The van der Waals surface area contributed by atoms with Gasteiger partial charge in [0.25, 0.3) is 11.8 Å². The minimum atomic E-state index is -0.851. The molecule has 0 saturated heterocycles. The van der Waals surface area contributed by atoms with Crippen molar-refractivity contribution in [1.82, 2.24) is 10.9 Å². The molecule has 0 aromatic heterocycles. The van der Waals surface area contributed by atoms with Crippen LogP contribution in [0.1, 0.15) is 10.4 Å². The predicted octanol–water partition coefficient (Wildman–Crippen LogP) is 1.94. The Hall–Kier alpha value is -2.73. The van der Waals surface area contributed by atoms with Gasteiger partial charge in [0.1, 0.15) is 6.61 Å². The van der Waals surface area contributed by atoms with Crippen molar-refractivity contribution in [2.75, 3.05) is 6.61 Å².